The van der Waals surface area contributed by atoms with Crippen molar-refractivity contribution in [2.75, 3.05) is 20.2 Å². The van der Waals surface area contributed by atoms with Crippen LogP contribution in [0.5, 0.6) is 5.75 Å². The number of nitrogens with zero attached hydrogens (tertiary/aromatic N) is 2. The fraction of sp³-hybridized carbons (Fsp3) is 0.600. The Balaban J connectivity index is 2.54. The highest BCUT2D eigenvalue weighted by molar-refractivity contribution is 5.82. The lowest BCUT2D eigenvalue weighted by atomic mass is 9.90. The topological polar surface area (TPSA) is 65.4 Å². The minimum atomic E-state index is -0.859. The Morgan fingerprint density at radius 3 is 2.32 bits per heavy atom. The minimum Gasteiger partial charge on any atom is -0.492 e. The van der Waals surface area contributed by atoms with Crippen molar-refractivity contribution in [2.24, 2.45) is 5.92 Å². The summed E-state index contributed by atoms with van der Waals surface area (Å²) in [5, 5.41) is 12.2. The first-order valence-electron chi connectivity index (χ1n) is 8.73. The molecule has 0 fully saturated rings. The second-order valence-electron chi connectivity index (χ2n) is 7.29. The second-order valence-corrected chi connectivity index (χ2v) is 7.29. The van der Waals surface area contributed by atoms with Crippen LogP contribution >= 0.6 is 0 Å². The molecule has 2 unspecified atom stereocenters. The monoisotopic (exact) mass is 345 g/mol. The van der Waals surface area contributed by atoms with Gasteiger partial charge in [0.25, 0.3) is 0 Å². The van der Waals surface area contributed by atoms with E-state index in [1.54, 1.807) is 6.92 Å². The third-order valence-corrected chi connectivity index (χ3v) is 4.72. The molecule has 0 aliphatic carbocycles. The number of nitrogens with one attached hydrogen (secondary N) is 1. The maximum absolute atomic E-state index is 12.4. The molecule has 0 saturated heterocycles. The smallest absolute Gasteiger partial charge is 0.238 e. The molecule has 1 aromatic carbocycles. The fourth-order valence-corrected chi connectivity index (χ4v) is 2.38. The second kappa shape index (κ2) is 8.87. The summed E-state index contributed by atoms with van der Waals surface area (Å²) < 4.78 is 5.80. The number of hydrogen-bond acceptors (Lipinski definition) is 4. The van der Waals surface area contributed by atoms with Gasteiger partial charge in [-0.25, -0.2) is 0 Å². The molecular weight excluding hydrogens is 314 g/mol. The summed E-state index contributed by atoms with van der Waals surface area (Å²) in [7, 11) is 1.88. The molecule has 0 bridgehead atoms. The van der Waals surface area contributed by atoms with E-state index >= 15 is 0 Å². The van der Waals surface area contributed by atoms with E-state index in [9.17, 15) is 10.1 Å². The normalized spacial score (nSPS) is 14.7. The zero-order valence-corrected chi connectivity index (χ0v) is 16.5. The Morgan fingerprint density at radius 1 is 1.28 bits per heavy atom. The van der Waals surface area contributed by atoms with Crippen molar-refractivity contribution < 1.29 is 9.53 Å². The standard InChI is InChI=1S/C20H31N3O2/c1-14(2)20(6,13-21)22-19(24)17(5)23(7)8-9-25-18-11-15(3)10-16(4)12-18/h10-12,14,17H,8-9H2,1-7H3,(H,22,24). The molecule has 1 N–H and O–H groups in total. The lowest BCUT2D eigenvalue weighted by molar-refractivity contribution is -0.127. The van der Waals surface area contributed by atoms with Crippen LogP contribution in [0.2, 0.25) is 0 Å². The summed E-state index contributed by atoms with van der Waals surface area (Å²) in [6.45, 7) is 12.6. The number of hydrogen-bond donors (Lipinski definition) is 1. The van der Waals surface area contributed by atoms with Gasteiger partial charge in [0, 0.05) is 6.54 Å². The van der Waals surface area contributed by atoms with Crippen LogP contribution in [0.4, 0.5) is 0 Å². The van der Waals surface area contributed by atoms with Crippen LogP contribution in [0, 0.1) is 31.1 Å². The highest BCUT2D eigenvalue weighted by Crippen LogP contribution is 2.17. The molecule has 1 aromatic rings. The first kappa shape index (κ1) is 21.0. The van der Waals surface area contributed by atoms with Crippen molar-refractivity contribution in [2.45, 2.75) is 53.1 Å². The van der Waals surface area contributed by atoms with Crippen LogP contribution in [0.15, 0.2) is 18.2 Å². The van der Waals surface area contributed by atoms with Crippen LogP contribution in [-0.4, -0.2) is 42.6 Å². The molecule has 5 heteroatoms. The third kappa shape index (κ3) is 6.06. The number of benzene rings is 1. The van der Waals surface area contributed by atoms with Gasteiger partial charge >= 0.3 is 0 Å². The molecule has 0 aliphatic heterocycles. The maximum atomic E-state index is 12.4. The number of carbonyl (C=O) groups excluding carboxylic acids is 1. The van der Waals surface area contributed by atoms with Gasteiger partial charge in [-0.05, 0) is 63.9 Å². The average Bonchev–Trinajstić information content (AvgIpc) is 2.52. The Kier molecular flexibility index (Phi) is 7.44. The van der Waals surface area contributed by atoms with E-state index in [-0.39, 0.29) is 17.9 Å². The van der Waals surface area contributed by atoms with E-state index in [2.05, 4.69) is 17.5 Å². The van der Waals surface area contributed by atoms with Crippen LogP contribution < -0.4 is 10.1 Å². The van der Waals surface area contributed by atoms with Crippen molar-refractivity contribution in [3.63, 3.8) is 0 Å². The van der Waals surface area contributed by atoms with Crippen LogP contribution in [-0.2, 0) is 4.79 Å². The summed E-state index contributed by atoms with van der Waals surface area (Å²) in [6, 6.07) is 7.98. The van der Waals surface area contributed by atoms with Gasteiger partial charge < -0.3 is 10.1 Å². The SMILES string of the molecule is Cc1cc(C)cc(OCCN(C)C(C)C(=O)NC(C)(C#N)C(C)C)c1. The Labute approximate surface area is 152 Å². The van der Waals surface area contributed by atoms with Crippen molar-refractivity contribution in [3.05, 3.63) is 29.3 Å². The molecule has 1 rings (SSSR count). The number of likely N-dealkylation sites (N-methyl/N-ethyl adjacent to an activating group) is 1. The van der Waals surface area contributed by atoms with Crippen molar-refractivity contribution in [1.29, 1.82) is 5.26 Å². The Hall–Kier alpha value is -2.06. The van der Waals surface area contributed by atoms with Crippen LogP contribution in [0.1, 0.15) is 38.8 Å². The van der Waals surface area contributed by atoms with Gasteiger partial charge in [0.15, 0.2) is 0 Å². The zero-order chi connectivity index (χ0) is 19.2. The number of rotatable bonds is 8. The zero-order valence-electron chi connectivity index (χ0n) is 16.5. The van der Waals surface area contributed by atoms with Crippen LogP contribution in [0.3, 0.4) is 0 Å². The minimum absolute atomic E-state index is 0.0341. The fourth-order valence-electron chi connectivity index (χ4n) is 2.38. The maximum Gasteiger partial charge on any atom is 0.238 e. The molecule has 5 nitrogen and oxygen atoms in total. The van der Waals surface area contributed by atoms with Gasteiger partial charge in [-0.2, -0.15) is 5.26 Å². The summed E-state index contributed by atoms with van der Waals surface area (Å²) >= 11 is 0. The Morgan fingerprint density at radius 2 is 1.84 bits per heavy atom. The van der Waals surface area contributed by atoms with Gasteiger partial charge in [0.2, 0.25) is 5.91 Å². The van der Waals surface area contributed by atoms with E-state index in [0.29, 0.717) is 13.2 Å². The van der Waals surface area contributed by atoms with E-state index in [4.69, 9.17) is 4.74 Å². The van der Waals surface area contributed by atoms with Crippen molar-refractivity contribution in [3.8, 4) is 11.8 Å². The third-order valence-electron chi connectivity index (χ3n) is 4.72. The molecule has 0 saturated carbocycles. The lowest BCUT2D eigenvalue weighted by Gasteiger charge is -2.31. The number of aryl methyl sites for hydroxylation is 2. The summed E-state index contributed by atoms with van der Waals surface area (Å²) in [6.07, 6.45) is 0. The number of nitriles is 1. The average molecular weight is 345 g/mol. The summed E-state index contributed by atoms with van der Waals surface area (Å²) in [5.74, 6) is 0.735. The number of carbonyl (C=O) groups is 1. The molecule has 0 heterocycles. The number of amides is 1. The van der Waals surface area contributed by atoms with Crippen molar-refractivity contribution in [1.82, 2.24) is 10.2 Å². The molecule has 2 atom stereocenters. The van der Waals surface area contributed by atoms with E-state index < -0.39 is 5.54 Å². The molecule has 25 heavy (non-hydrogen) atoms. The van der Waals surface area contributed by atoms with Gasteiger partial charge in [-0.15, -0.1) is 0 Å². The molecule has 0 aromatic heterocycles. The van der Waals surface area contributed by atoms with Crippen LogP contribution in [0.25, 0.3) is 0 Å². The van der Waals surface area contributed by atoms with E-state index in [1.807, 2.05) is 58.7 Å². The number of ether oxygens (including phenoxy) is 1. The Bertz CT molecular complexity index is 616. The lowest BCUT2D eigenvalue weighted by Crippen LogP contribution is -2.54. The van der Waals surface area contributed by atoms with Gasteiger partial charge in [-0.3, -0.25) is 9.69 Å². The molecule has 0 aliphatic rings. The van der Waals surface area contributed by atoms with Gasteiger partial charge in [0.1, 0.15) is 17.9 Å². The molecule has 1 amide bonds. The largest absolute Gasteiger partial charge is 0.492 e. The highest BCUT2D eigenvalue weighted by Gasteiger charge is 2.32. The predicted octanol–water partition coefficient (Wildman–Crippen LogP) is 3.06. The first-order chi connectivity index (χ1) is 11.6. The van der Waals surface area contributed by atoms with E-state index in [1.165, 1.54) is 11.1 Å². The van der Waals surface area contributed by atoms with Gasteiger partial charge in [0.05, 0.1) is 12.1 Å². The van der Waals surface area contributed by atoms with Gasteiger partial charge in [-0.1, -0.05) is 19.9 Å². The predicted molar refractivity (Wildman–Crippen MR) is 101 cm³/mol. The van der Waals surface area contributed by atoms with Crippen molar-refractivity contribution >= 4 is 5.91 Å². The quantitative estimate of drug-likeness (QED) is 0.786. The first-order valence-corrected chi connectivity index (χ1v) is 8.73. The highest BCUT2D eigenvalue weighted by atomic mass is 16.5. The molecule has 0 spiro atoms. The molecule has 138 valence electrons. The molecule has 0 radical (unpaired) electrons. The summed E-state index contributed by atoms with van der Waals surface area (Å²) in [5.41, 5.74) is 1.48. The molecular formula is C20H31N3O2. The summed E-state index contributed by atoms with van der Waals surface area (Å²) in [4.78, 5) is 14.4. The van der Waals surface area contributed by atoms with E-state index in [0.717, 1.165) is 5.75 Å².